The van der Waals surface area contributed by atoms with Gasteiger partial charge in [0.15, 0.2) is 0 Å². The van der Waals surface area contributed by atoms with Crippen molar-refractivity contribution in [2.24, 2.45) is 11.7 Å². The van der Waals surface area contributed by atoms with Crippen LogP contribution in [0.2, 0.25) is 0 Å². The lowest BCUT2D eigenvalue weighted by molar-refractivity contribution is 0.0692. The Morgan fingerprint density at radius 3 is 2.65 bits per heavy atom. The summed E-state index contributed by atoms with van der Waals surface area (Å²) in [7, 11) is 0. The first-order valence-corrected chi connectivity index (χ1v) is 7.00. The first kappa shape index (κ1) is 14.9. The van der Waals surface area contributed by atoms with E-state index in [9.17, 15) is 9.50 Å². The van der Waals surface area contributed by atoms with E-state index in [0.29, 0.717) is 23.6 Å². The molecule has 1 aliphatic heterocycles. The number of likely N-dealkylation sites (tertiary alicyclic amines) is 1. The van der Waals surface area contributed by atoms with E-state index in [1.807, 2.05) is 6.92 Å². The lowest BCUT2D eigenvalue weighted by atomic mass is 9.92. The second-order valence-electron chi connectivity index (χ2n) is 5.57. The summed E-state index contributed by atoms with van der Waals surface area (Å²) in [6.45, 7) is 4.16. The molecule has 0 spiro atoms. The van der Waals surface area contributed by atoms with Crippen molar-refractivity contribution in [1.82, 2.24) is 4.90 Å². The van der Waals surface area contributed by atoms with Crippen LogP contribution in [0.25, 0.3) is 0 Å². The number of halogens is 1. The number of nitrogens with zero attached hydrogens (tertiary/aromatic N) is 1. The number of benzene rings is 1. The van der Waals surface area contributed by atoms with Crippen molar-refractivity contribution in [2.75, 3.05) is 13.1 Å². The minimum absolute atomic E-state index is 0.117. The Balaban J connectivity index is 1.96. The van der Waals surface area contributed by atoms with Crippen LogP contribution in [0, 0.1) is 17.1 Å². The quantitative estimate of drug-likeness (QED) is 0.580. The van der Waals surface area contributed by atoms with E-state index >= 15 is 0 Å². The predicted octanol–water partition coefficient (Wildman–Crippen LogP) is 1.70. The fourth-order valence-electron chi connectivity index (χ4n) is 2.68. The lowest BCUT2D eigenvalue weighted by Crippen LogP contribution is -2.36. The fraction of sp³-hybridized carbons (Fsp3) is 0.533. The number of nitrogens with two attached hydrogens (primary N) is 1. The number of hydrogen-bond acceptors (Lipinski definition) is 3. The summed E-state index contributed by atoms with van der Waals surface area (Å²) < 4.78 is 14.0. The second-order valence-corrected chi connectivity index (χ2v) is 5.57. The van der Waals surface area contributed by atoms with Crippen LogP contribution in [0.1, 0.15) is 30.9 Å². The summed E-state index contributed by atoms with van der Waals surface area (Å²) in [6.07, 6.45) is 1.64. The van der Waals surface area contributed by atoms with Gasteiger partial charge in [0.1, 0.15) is 11.7 Å². The standard InChI is InChI=1S/C15H22FN3O/c1-10(20)11-4-6-19(7-5-11)9-13-3-2-12(15(17)18)8-14(13)16/h2-3,8,10-11,20H,4-7,9H2,1H3,(H3,17,18). The van der Waals surface area contributed by atoms with Gasteiger partial charge in [-0.2, -0.15) is 0 Å². The van der Waals surface area contributed by atoms with Gasteiger partial charge >= 0.3 is 0 Å². The summed E-state index contributed by atoms with van der Waals surface area (Å²) in [5.41, 5.74) is 6.39. The molecule has 110 valence electrons. The van der Waals surface area contributed by atoms with Crippen molar-refractivity contribution >= 4 is 5.84 Å². The average molecular weight is 279 g/mol. The molecule has 1 aromatic rings. The number of hydrogen-bond donors (Lipinski definition) is 3. The first-order valence-electron chi connectivity index (χ1n) is 7.00. The monoisotopic (exact) mass is 279 g/mol. The minimum atomic E-state index is -0.310. The topological polar surface area (TPSA) is 73.3 Å². The summed E-state index contributed by atoms with van der Waals surface area (Å²) in [6, 6.07) is 4.70. The molecule has 1 atom stereocenters. The van der Waals surface area contributed by atoms with E-state index in [0.717, 1.165) is 25.9 Å². The second kappa shape index (κ2) is 6.33. The molecule has 1 heterocycles. The fourth-order valence-corrected chi connectivity index (χ4v) is 2.68. The molecule has 0 amide bonds. The normalized spacial score (nSPS) is 18.9. The molecule has 1 fully saturated rings. The van der Waals surface area contributed by atoms with Gasteiger partial charge in [0.2, 0.25) is 0 Å². The highest BCUT2D eigenvalue weighted by Gasteiger charge is 2.23. The van der Waals surface area contributed by atoms with Gasteiger partial charge in [-0.3, -0.25) is 10.3 Å². The highest BCUT2D eigenvalue weighted by Crippen LogP contribution is 2.22. The van der Waals surface area contributed by atoms with E-state index in [1.54, 1.807) is 12.1 Å². The molecule has 4 nitrogen and oxygen atoms in total. The minimum Gasteiger partial charge on any atom is -0.393 e. The molecular weight excluding hydrogens is 257 g/mol. The Morgan fingerprint density at radius 1 is 1.50 bits per heavy atom. The van der Waals surface area contributed by atoms with Crippen molar-refractivity contribution in [3.63, 3.8) is 0 Å². The molecule has 20 heavy (non-hydrogen) atoms. The summed E-state index contributed by atoms with van der Waals surface area (Å²) in [4.78, 5) is 2.20. The zero-order valence-electron chi connectivity index (χ0n) is 11.8. The molecule has 5 heteroatoms. The molecule has 0 aliphatic carbocycles. The maximum atomic E-state index is 14.0. The van der Waals surface area contributed by atoms with Crippen molar-refractivity contribution in [2.45, 2.75) is 32.4 Å². The predicted molar refractivity (Wildman–Crippen MR) is 77.1 cm³/mol. The van der Waals surface area contributed by atoms with Crippen molar-refractivity contribution in [3.8, 4) is 0 Å². The summed E-state index contributed by atoms with van der Waals surface area (Å²) in [5, 5.41) is 16.9. The number of rotatable bonds is 4. The number of aliphatic hydroxyl groups excluding tert-OH is 1. The number of amidine groups is 1. The Morgan fingerprint density at radius 2 is 2.15 bits per heavy atom. The van der Waals surface area contributed by atoms with Gasteiger partial charge in [0, 0.05) is 17.7 Å². The van der Waals surface area contributed by atoms with E-state index in [1.165, 1.54) is 6.07 Å². The largest absolute Gasteiger partial charge is 0.393 e. The maximum absolute atomic E-state index is 14.0. The summed E-state index contributed by atoms with van der Waals surface area (Å²) >= 11 is 0. The van der Waals surface area contributed by atoms with Crippen molar-refractivity contribution < 1.29 is 9.50 Å². The van der Waals surface area contributed by atoms with Gasteiger partial charge in [0.25, 0.3) is 0 Å². The molecule has 2 rings (SSSR count). The smallest absolute Gasteiger partial charge is 0.128 e. The summed E-state index contributed by atoms with van der Waals surface area (Å²) in [5.74, 6) is -0.0697. The molecule has 1 saturated heterocycles. The van der Waals surface area contributed by atoms with Crippen molar-refractivity contribution in [1.29, 1.82) is 5.41 Å². The molecule has 0 aromatic heterocycles. The molecule has 1 aromatic carbocycles. The first-order chi connectivity index (χ1) is 9.47. The number of nitrogen functional groups attached to an aromatic ring is 1. The Kier molecular flexibility index (Phi) is 4.73. The molecule has 1 aliphatic rings. The average Bonchev–Trinajstić information content (AvgIpc) is 2.41. The number of nitrogens with one attached hydrogen (secondary N) is 1. The van der Waals surface area contributed by atoms with Crippen LogP contribution in [0.15, 0.2) is 18.2 Å². The molecule has 0 radical (unpaired) electrons. The van der Waals surface area contributed by atoms with Crippen LogP contribution < -0.4 is 5.73 Å². The van der Waals surface area contributed by atoms with Crippen LogP contribution in [-0.2, 0) is 6.54 Å². The van der Waals surface area contributed by atoms with Gasteiger partial charge < -0.3 is 10.8 Å². The van der Waals surface area contributed by atoms with Gasteiger partial charge in [0.05, 0.1) is 6.10 Å². The van der Waals surface area contributed by atoms with Gasteiger partial charge in [-0.15, -0.1) is 0 Å². The van der Waals surface area contributed by atoms with Gasteiger partial charge in [-0.25, -0.2) is 4.39 Å². The third kappa shape index (κ3) is 3.55. The highest BCUT2D eigenvalue weighted by atomic mass is 19.1. The maximum Gasteiger partial charge on any atom is 0.128 e. The molecule has 1 unspecified atom stereocenters. The number of aliphatic hydroxyl groups is 1. The SMILES string of the molecule is CC(O)C1CCN(Cc2ccc(C(=N)N)cc2F)CC1. The Bertz CT molecular complexity index is 482. The zero-order chi connectivity index (χ0) is 14.7. The van der Waals surface area contributed by atoms with E-state index in [2.05, 4.69) is 4.90 Å². The molecule has 4 N–H and O–H groups in total. The zero-order valence-corrected chi connectivity index (χ0v) is 11.8. The molecular formula is C15H22FN3O. The van der Waals surface area contributed by atoms with Gasteiger partial charge in [-0.05, 0) is 44.8 Å². The van der Waals surface area contributed by atoms with Crippen LogP contribution in [0.4, 0.5) is 4.39 Å². The van der Waals surface area contributed by atoms with Crippen LogP contribution in [0.5, 0.6) is 0 Å². The highest BCUT2D eigenvalue weighted by molar-refractivity contribution is 5.94. The third-order valence-corrected chi connectivity index (χ3v) is 4.07. The molecule has 0 saturated carbocycles. The Hall–Kier alpha value is -1.46. The third-order valence-electron chi connectivity index (χ3n) is 4.07. The Labute approximate surface area is 118 Å². The van der Waals surface area contributed by atoms with E-state index in [-0.39, 0.29) is 17.8 Å². The van der Waals surface area contributed by atoms with E-state index in [4.69, 9.17) is 11.1 Å². The van der Waals surface area contributed by atoms with Crippen LogP contribution in [0.3, 0.4) is 0 Å². The molecule has 0 bridgehead atoms. The van der Waals surface area contributed by atoms with Crippen LogP contribution in [-0.4, -0.2) is 35.0 Å². The number of piperidine rings is 1. The van der Waals surface area contributed by atoms with E-state index < -0.39 is 0 Å². The van der Waals surface area contributed by atoms with Crippen LogP contribution >= 0.6 is 0 Å². The van der Waals surface area contributed by atoms with Gasteiger partial charge in [-0.1, -0.05) is 12.1 Å². The lowest BCUT2D eigenvalue weighted by Gasteiger charge is -2.33. The van der Waals surface area contributed by atoms with Crippen molar-refractivity contribution in [3.05, 3.63) is 35.1 Å².